The van der Waals surface area contributed by atoms with Crippen molar-refractivity contribution in [3.63, 3.8) is 0 Å². The van der Waals surface area contributed by atoms with Crippen LogP contribution in [0.15, 0.2) is 24.4 Å². The highest BCUT2D eigenvalue weighted by Gasteiger charge is 2.17. The zero-order valence-electron chi connectivity index (χ0n) is 9.75. The van der Waals surface area contributed by atoms with E-state index in [0.717, 1.165) is 0 Å². The van der Waals surface area contributed by atoms with Crippen molar-refractivity contribution in [1.82, 2.24) is 15.0 Å². The number of carbonyl (C=O) groups is 1. The minimum Gasteiger partial charge on any atom is -0.480 e. The second kappa shape index (κ2) is 4.41. The Balaban J connectivity index is 1.86. The monoisotopic (exact) mass is 258 g/mol. The summed E-state index contributed by atoms with van der Waals surface area (Å²) in [5.41, 5.74) is 5.48. The smallest absolute Gasteiger partial charge is 0.263 e. The number of aromatic nitrogens is 3. The van der Waals surface area contributed by atoms with Crippen molar-refractivity contribution in [3.8, 4) is 5.75 Å². The summed E-state index contributed by atoms with van der Waals surface area (Å²) in [4.78, 5) is 23.2. The van der Waals surface area contributed by atoms with Gasteiger partial charge in [-0.05, 0) is 18.2 Å². The molecule has 3 rings (SSSR count). The molecular weight excluding hydrogens is 248 g/mol. The Morgan fingerprint density at radius 1 is 1.26 bits per heavy atom. The zero-order chi connectivity index (χ0) is 13.2. The van der Waals surface area contributed by atoms with Gasteiger partial charge in [0.15, 0.2) is 18.2 Å². The number of anilines is 4. The molecule has 0 aromatic carbocycles. The van der Waals surface area contributed by atoms with Gasteiger partial charge in [0.25, 0.3) is 5.91 Å². The van der Waals surface area contributed by atoms with E-state index in [-0.39, 0.29) is 18.5 Å². The van der Waals surface area contributed by atoms with Gasteiger partial charge in [0, 0.05) is 6.20 Å². The van der Waals surface area contributed by atoms with Crippen LogP contribution in [-0.2, 0) is 4.79 Å². The number of nitrogen functional groups attached to an aromatic ring is 1. The van der Waals surface area contributed by atoms with Crippen LogP contribution in [0.1, 0.15) is 0 Å². The molecule has 1 aliphatic heterocycles. The van der Waals surface area contributed by atoms with Crippen LogP contribution in [-0.4, -0.2) is 27.5 Å². The molecule has 0 atom stereocenters. The summed E-state index contributed by atoms with van der Waals surface area (Å²) in [5, 5.41) is 5.59. The third kappa shape index (κ3) is 2.37. The molecule has 0 saturated heterocycles. The van der Waals surface area contributed by atoms with E-state index in [0.29, 0.717) is 23.2 Å². The predicted molar refractivity (Wildman–Crippen MR) is 68.1 cm³/mol. The number of pyridine rings is 1. The molecule has 96 valence electrons. The number of hydrogen-bond donors (Lipinski definition) is 3. The van der Waals surface area contributed by atoms with Crippen molar-refractivity contribution < 1.29 is 9.53 Å². The Bertz CT molecular complexity index is 645. The Morgan fingerprint density at radius 3 is 2.95 bits per heavy atom. The minimum absolute atomic E-state index is 0.00387. The lowest BCUT2D eigenvalue weighted by Crippen LogP contribution is -2.26. The van der Waals surface area contributed by atoms with Crippen molar-refractivity contribution in [3.05, 3.63) is 24.4 Å². The van der Waals surface area contributed by atoms with E-state index in [2.05, 4.69) is 25.6 Å². The van der Waals surface area contributed by atoms with Crippen LogP contribution in [0.5, 0.6) is 5.75 Å². The first-order valence-electron chi connectivity index (χ1n) is 5.50. The molecule has 4 N–H and O–H groups in total. The molecule has 2 aromatic rings. The van der Waals surface area contributed by atoms with Gasteiger partial charge < -0.3 is 21.1 Å². The topological polar surface area (TPSA) is 115 Å². The normalized spacial score (nSPS) is 13.2. The van der Waals surface area contributed by atoms with E-state index in [1.807, 2.05) is 0 Å². The first-order chi connectivity index (χ1) is 9.20. The second-order valence-corrected chi connectivity index (χ2v) is 3.81. The number of fused-ring (bicyclic) bond motifs is 1. The summed E-state index contributed by atoms with van der Waals surface area (Å²) in [7, 11) is 0. The van der Waals surface area contributed by atoms with Gasteiger partial charge in [-0.25, -0.2) is 9.97 Å². The quantitative estimate of drug-likeness (QED) is 0.719. The number of carbonyl (C=O) groups excluding carboxylic acids is 1. The maximum Gasteiger partial charge on any atom is 0.263 e. The Morgan fingerprint density at radius 2 is 2.11 bits per heavy atom. The highest BCUT2D eigenvalue weighted by atomic mass is 16.5. The first kappa shape index (κ1) is 11.2. The highest BCUT2D eigenvalue weighted by Crippen LogP contribution is 2.27. The van der Waals surface area contributed by atoms with Crippen LogP contribution in [0.25, 0.3) is 0 Å². The SMILES string of the molecule is Nc1nccc(Nc2ccc3c(n2)NC(=O)CO3)n1. The first-order valence-corrected chi connectivity index (χ1v) is 5.50. The Hall–Kier alpha value is -2.90. The largest absolute Gasteiger partial charge is 0.480 e. The van der Waals surface area contributed by atoms with Crippen molar-refractivity contribution in [2.24, 2.45) is 0 Å². The van der Waals surface area contributed by atoms with Crippen LogP contribution in [0.2, 0.25) is 0 Å². The third-order valence-corrected chi connectivity index (χ3v) is 2.41. The van der Waals surface area contributed by atoms with Crippen molar-refractivity contribution >= 4 is 29.3 Å². The summed E-state index contributed by atoms with van der Waals surface area (Å²) in [6.07, 6.45) is 1.54. The molecule has 0 fully saturated rings. The molecule has 8 heteroatoms. The maximum absolute atomic E-state index is 11.2. The third-order valence-electron chi connectivity index (χ3n) is 2.41. The molecule has 0 aliphatic carbocycles. The molecule has 0 unspecified atom stereocenters. The van der Waals surface area contributed by atoms with Gasteiger partial charge in [-0.1, -0.05) is 0 Å². The van der Waals surface area contributed by atoms with Crippen LogP contribution < -0.4 is 21.1 Å². The van der Waals surface area contributed by atoms with Gasteiger partial charge in [-0.15, -0.1) is 0 Å². The molecule has 0 bridgehead atoms. The van der Waals surface area contributed by atoms with Crippen molar-refractivity contribution in [1.29, 1.82) is 0 Å². The summed E-state index contributed by atoms with van der Waals surface area (Å²) in [6, 6.07) is 5.09. The molecule has 2 aromatic heterocycles. The molecular formula is C11H10N6O2. The number of amides is 1. The number of ether oxygens (including phenoxy) is 1. The fourth-order valence-electron chi connectivity index (χ4n) is 1.61. The average molecular weight is 258 g/mol. The van der Waals surface area contributed by atoms with E-state index in [1.54, 1.807) is 18.2 Å². The number of nitrogens with one attached hydrogen (secondary N) is 2. The van der Waals surface area contributed by atoms with Crippen LogP contribution in [0.4, 0.5) is 23.4 Å². The van der Waals surface area contributed by atoms with Crippen molar-refractivity contribution in [2.75, 3.05) is 23.0 Å². The lowest BCUT2D eigenvalue weighted by molar-refractivity contribution is -0.118. The van der Waals surface area contributed by atoms with E-state index in [9.17, 15) is 4.79 Å². The van der Waals surface area contributed by atoms with Gasteiger partial charge >= 0.3 is 0 Å². The Labute approximate surface area is 108 Å². The number of rotatable bonds is 2. The maximum atomic E-state index is 11.2. The van der Waals surface area contributed by atoms with Crippen molar-refractivity contribution in [2.45, 2.75) is 0 Å². The molecule has 1 aliphatic rings. The minimum atomic E-state index is -0.233. The lowest BCUT2D eigenvalue weighted by Gasteiger charge is -2.17. The van der Waals surface area contributed by atoms with Gasteiger partial charge in [-0.2, -0.15) is 4.98 Å². The number of nitrogens with two attached hydrogens (primary N) is 1. The van der Waals surface area contributed by atoms with Crippen LogP contribution >= 0.6 is 0 Å². The number of hydrogen-bond acceptors (Lipinski definition) is 7. The summed E-state index contributed by atoms with van der Waals surface area (Å²) in [6.45, 7) is 0.00387. The second-order valence-electron chi connectivity index (χ2n) is 3.81. The predicted octanol–water partition coefficient (Wildman–Crippen LogP) is 0.528. The van der Waals surface area contributed by atoms with Gasteiger partial charge in [-0.3, -0.25) is 4.79 Å². The fourth-order valence-corrected chi connectivity index (χ4v) is 1.61. The Kier molecular flexibility index (Phi) is 2.60. The van der Waals surface area contributed by atoms with E-state index in [1.165, 1.54) is 6.20 Å². The van der Waals surface area contributed by atoms with Crippen LogP contribution in [0, 0.1) is 0 Å². The lowest BCUT2D eigenvalue weighted by atomic mass is 10.3. The molecule has 0 saturated carbocycles. The highest BCUT2D eigenvalue weighted by molar-refractivity contribution is 5.94. The van der Waals surface area contributed by atoms with E-state index in [4.69, 9.17) is 10.5 Å². The molecule has 3 heterocycles. The molecule has 1 amide bonds. The molecule has 0 radical (unpaired) electrons. The van der Waals surface area contributed by atoms with E-state index < -0.39 is 0 Å². The standard InChI is InChI=1S/C11H10N6O2/c12-11-13-4-3-8(16-11)14-7-2-1-6-10(15-7)17-9(18)5-19-6/h1-4H,5H2,(H4,12,13,14,15,16,17,18). The molecule has 0 spiro atoms. The van der Waals surface area contributed by atoms with E-state index >= 15 is 0 Å². The average Bonchev–Trinajstić information content (AvgIpc) is 2.38. The summed E-state index contributed by atoms with van der Waals surface area (Å²) >= 11 is 0. The van der Waals surface area contributed by atoms with Gasteiger partial charge in [0.2, 0.25) is 5.95 Å². The molecule has 19 heavy (non-hydrogen) atoms. The number of nitrogens with zero attached hydrogens (tertiary/aromatic N) is 3. The fraction of sp³-hybridized carbons (Fsp3) is 0.0909. The van der Waals surface area contributed by atoms with Gasteiger partial charge in [0.05, 0.1) is 0 Å². The summed E-state index contributed by atoms with van der Waals surface area (Å²) < 4.78 is 5.21. The van der Waals surface area contributed by atoms with Crippen LogP contribution in [0.3, 0.4) is 0 Å². The molecule has 8 nitrogen and oxygen atoms in total. The zero-order valence-corrected chi connectivity index (χ0v) is 9.75. The summed E-state index contributed by atoms with van der Waals surface area (Å²) in [5.74, 6) is 1.88. The van der Waals surface area contributed by atoms with Gasteiger partial charge in [0.1, 0.15) is 11.6 Å².